The number of carboxylic acids is 1. The molecule has 0 radical (unpaired) electrons. The first-order valence-corrected chi connectivity index (χ1v) is 11.9. The van der Waals surface area contributed by atoms with E-state index >= 15 is 0 Å². The highest BCUT2D eigenvalue weighted by molar-refractivity contribution is 6.23. The van der Waals surface area contributed by atoms with E-state index in [4.69, 9.17) is 19.3 Å². The summed E-state index contributed by atoms with van der Waals surface area (Å²) in [5.41, 5.74) is 1.18. The minimum atomic E-state index is -1.30. The molecular formula is C27H30N2O8. The molecule has 2 aromatic carbocycles. The third-order valence-corrected chi connectivity index (χ3v) is 5.73. The van der Waals surface area contributed by atoms with Crippen molar-refractivity contribution in [1.29, 1.82) is 0 Å². The van der Waals surface area contributed by atoms with Crippen molar-refractivity contribution in [3.05, 3.63) is 60.2 Å². The van der Waals surface area contributed by atoms with Crippen LogP contribution >= 0.6 is 0 Å². The average Bonchev–Trinajstić information content (AvgIpc) is 3.18. The molecule has 0 aliphatic carbocycles. The molecule has 3 rings (SSSR count). The lowest BCUT2D eigenvalue weighted by Gasteiger charge is -2.27. The van der Waals surface area contributed by atoms with Gasteiger partial charge in [-0.2, -0.15) is 0 Å². The summed E-state index contributed by atoms with van der Waals surface area (Å²) in [5, 5.41) is 8.97. The summed E-state index contributed by atoms with van der Waals surface area (Å²) in [4.78, 5) is 52.4. The van der Waals surface area contributed by atoms with Crippen LogP contribution in [0.25, 0.3) is 0 Å². The minimum absolute atomic E-state index is 0.0719. The molecule has 1 aliphatic heterocycles. The molecule has 0 saturated carbocycles. The molecule has 0 unspecified atom stereocenters. The number of carboxylic acid groups (broad SMARTS) is 1. The van der Waals surface area contributed by atoms with E-state index < -0.39 is 29.7 Å². The first-order chi connectivity index (χ1) is 17.8. The van der Waals surface area contributed by atoms with E-state index in [0.717, 1.165) is 16.5 Å². The zero-order valence-corrected chi connectivity index (χ0v) is 21.0. The van der Waals surface area contributed by atoms with Gasteiger partial charge in [-0.1, -0.05) is 6.07 Å². The van der Waals surface area contributed by atoms with Crippen molar-refractivity contribution >= 4 is 29.4 Å². The van der Waals surface area contributed by atoms with E-state index in [-0.39, 0.29) is 13.0 Å². The van der Waals surface area contributed by atoms with E-state index in [1.54, 1.807) is 36.4 Å². The number of hydrogen-bond acceptors (Lipinski definition) is 7. The Balaban J connectivity index is 1.85. The largest absolute Gasteiger partial charge is 0.497 e. The van der Waals surface area contributed by atoms with Crippen molar-refractivity contribution in [2.24, 2.45) is 0 Å². The Kier molecular flexibility index (Phi) is 9.26. The highest BCUT2D eigenvalue weighted by Gasteiger charge is 2.44. The lowest BCUT2D eigenvalue weighted by atomic mass is 10.1. The van der Waals surface area contributed by atoms with Crippen LogP contribution < -0.4 is 19.1 Å². The molecule has 10 heteroatoms. The van der Waals surface area contributed by atoms with E-state index in [2.05, 4.69) is 0 Å². The number of nitrogens with zero attached hydrogens (tertiary/aromatic N) is 2. The first kappa shape index (κ1) is 27.3. The fourth-order valence-corrected chi connectivity index (χ4v) is 4.02. The Bertz CT molecular complexity index is 1180. The molecule has 1 aliphatic rings. The van der Waals surface area contributed by atoms with Crippen molar-refractivity contribution in [3.8, 4) is 17.2 Å². The Morgan fingerprint density at radius 3 is 2.32 bits per heavy atom. The normalized spacial score (nSPS) is 15.2. The lowest BCUT2D eigenvalue weighted by molar-refractivity contribution is -0.135. The Labute approximate surface area is 215 Å². The quantitative estimate of drug-likeness (QED) is 0.342. The molecule has 0 spiro atoms. The Hall–Kier alpha value is -4.34. The maximum absolute atomic E-state index is 13.3. The molecular weight excluding hydrogens is 480 g/mol. The number of rotatable bonds is 12. The van der Waals surface area contributed by atoms with E-state index in [1.165, 1.54) is 12.0 Å². The van der Waals surface area contributed by atoms with E-state index in [1.807, 2.05) is 19.9 Å². The summed E-state index contributed by atoms with van der Waals surface area (Å²) in [6.07, 6.45) is 1.71. The number of amides is 3. The third kappa shape index (κ3) is 6.66. The molecule has 1 fully saturated rings. The van der Waals surface area contributed by atoms with Crippen LogP contribution in [0.4, 0.5) is 5.69 Å². The van der Waals surface area contributed by atoms with E-state index in [9.17, 15) is 19.2 Å². The van der Waals surface area contributed by atoms with Crippen molar-refractivity contribution < 1.29 is 38.5 Å². The number of hydrogen-bond donors (Lipinski definition) is 1. The first-order valence-electron chi connectivity index (χ1n) is 11.9. The fraction of sp³-hybridized carbons (Fsp3) is 0.333. The summed E-state index contributed by atoms with van der Waals surface area (Å²) in [5.74, 6) is -1.28. The zero-order valence-electron chi connectivity index (χ0n) is 21.0. The van der Waals surface area contributed by atoms with Gasteiger partial charge in [0.05, 0.1) is 32.4 Å². The summed E-state index contributed by atoms with van der Waals surface area (Å²) < 4.78 is 16.4. The van der Waals surface area contributed by atoms with Gasteiger partial charge in [0.25, 0.3) is 5.91 Å². The summed E-state index contributed by atoms with van der Waals surface area (Å²) >= 11 is 0. The Morgan fingerprint density at radius 1 is 1.03 bits per heavy atom. The summed E-state index contributed by atoms with van der Waals surface area (Å²) in [7, 11) is 1.51. The van der Waals surface area contributed by atoms with Crippen LogP contribution in [0.2, 0.25) is 0 Å². The average molecular weight is 511 g/mol. The number of aliphatic carboxylic acids is 1. The molecule has 1 saturated heterocycles. The molecule has 37 heavy (non-hydrogen) atoms. The molecule has 1 N–H and O–H groups in total. The topological polar surface area (TPSA) is 123 Å². The summed E-state index contributed by atoms with van der Waals surface area (Å²) in [6, 6.07) is 10.8. The van der Waals surface area contributed by atoms with Crippen LogP contribution in [-0.2, 0) is 25.6 Å². The standard InChI is InChI=1S/C27H30N2O8/c1-4-36-22-11-6-18(16-23(22)37-5-2)14-15-28(24(30)12-13-26(32)33)21-17-25(31)29(27(21)34)19-7-9-20(35-3)10-8-19/h6-13,16,21H,4-5,14-15,17H2,1-3H3,(H,32,33)/b13-12+/t21-/m1/s1. The van der Waals surface area contributed by atoms with E-state index in [0.29, 0.717) is 48.6 Å². The molecule has 1 atom stereocenters. The van der Waals surface area contributed by atoms with Crippen molar-refractivity contribution in [2.45, 2.75) is 32.7 Å². The van der Waals surface area contributed by atoms with Gasteiger partial charge in [0, 0.05) is 18.7 Å². The van der Waals surface area contributed by atoms with Gasteiger partial charge < -0.3 is 24.2 Å². The third-order valence-electron chi connectivity index (χ3n) is 5.73. The van der Waals surface area contributed by atoms with Crippen molar-refractivity contribution in [1.82, 2.24) is 4.90 Å². The smallest absolute Gasteiger partial charge is 0.328 e. The Morgan fingerprint density at radius 2 is 1.70 bits per heavy atom. The van der Waals surface area contributed by atoms with Gasteiger partial charge in [-0.05, 0) is 62.2 Å². The number of ether oxygens (including phenoxy) is 3. The van der Waals surface area contributed by atoms with Crippen LogP contribution in [0, 0.1) is 0 Å². The molecule has 2 aromatic rings. The number of carbonyl (C=O) groups is 4. The van der Waals surface area contributed by atoms with Crippen LogP contribution in [0.5, 0.6) is 17.2 Å². The van der Waals surface area contributed by atoms with Gasteiger partial charge in [0.15, 0.2) is 11.5 Å². The van der Waals surface area contributed by atoms with Crippen LogP contribution in [-0.4, -0.2) is 66.6 Å². The second-order valence-corrected chi connectivity index (χ2v) is 8.09. The number of carbonyl (C=O) groups excluding carboxylic acids is 3. The highest BCUT2D eigenvalue weighted by Crippen LogP contribution is 2.30. The van der Waals surface area contributed by atoms with Crippen LogP contribution in [0.3, 0.4) is 0 Å². The highest BCUT2D eigenvalue weighted by atomic mass is 16.5. The molecule has 0 aromatic heterocycles. The molecule has 3 amide bonds. The maximum atomic E-state index is 13.3. The van der Waals surface area contributed by atoms with Crippen molar-refractivity contribution in [3.63, 3.8) is 0 Å². The van der Waals surface area contributed by atoms with Crippen LogP contribution in [0.15, 0.2) is 54.6 Å². The number of imide groups is 1. The van der Waals surface area contributed by atoms with Gasteiger partial charge >= 0.3 is 5.97 Å². The maximum Gasteiger partial charge on any atom is 0.328 e. The number of benzene rings is 2. The SMILES string of the molecule is CCOc1ccc(CCN(C(=O)/C=C/C(=O)O)[C@@H]2CC(=O)N(c3ccc(OC)cc3)C2=O)cc1OCC. The second-order valence-electron chi connectivity index (χ2n) is 8.09. The number of anilines is 1. The molecule has 196 valence electrons. The zero-order chi connectivity index (χ0) is 26.9. The summed E-state index contributed by atoms with van der Waals surface area (Å²) in [6.45, 7) is 4.71. The fourth-order valence-electron chi connectivity index (χ4n) is 4.02. The van der Waals surface area contributed by atoms with Gasteiger partial charge in [-0.25, -0.2) is 9.69 Å². The monoisotopic (exact) mass is 510 g/mol. The second kappa shape index (κ2) is 12.6. The van der Waals surface area contributed by atoms with Crippen LogP contribution in [0.1, 0.15) is 25.8 Å². The molecule has 1 heterocycles. The minimum Gasteiger partial charge on any atom is -0.497 e. The van der Waals surface area contributed by atoms with Gasteiger partial charge in [0.1, 0.15) is 11.8 Å². The molecule has 10 nitrogen and oxygen atoms in total. The number of methoxy groups -OCH3 is 1. The predicted octanol–water partition coefficient (Wildman–Crippen LogP) is 2.84. The van der Waals surface area contributed by atoms with Gasteiger partial charge in [-0.15, -0.1) is 0 Å². The molecule has 0 bridgehead atoms. The van der Waals surface area contributed by atoms with Crippen molar-refractivity contribution in [2.75, 3.05) is 31.8 Å². The predicted molar refractivity (Wildman–Crippen MR) is 135 cm³/mol. The van der Waals surface area contributed by atoms with Gasteiger partial charge in [-0.3, -0.25) is 14.4 Å². The lowest BCUT2D eigenvalue weighted by Crippen LogP contribution is -2.46. The van der Waals surface area contributed by atoms with Gasteiger partial charge in [0.2, 0.25) is 11.8 Å².